The van der Waals surface area contributed by atoms with Gasteiger partial charge in [0.15, 0.2) is 0 Å². The normalized spacial score (nSPS) is 37.7. The van der Waals surface area contributed by atoms with Gasteiger partial charge in [0.2, 0.25) is 0 Å². The third kappa shape index (κ3) is 3.16. The zero-order chi connectivity index (χ0) is 20.3. The van der Waals surface area contributed by atoms with E-state index in [9.17, 15) is 0 Å². The van der Waals surface area contributed by atoms with Crippen molar-refractivity contribution in [1.29, 1.82) is 0 Å². The fourth-order valence-corrected chi connectivity index (χ4v) is 8.64. The summed E-state index contributed by atoms with van der Waals surface area (Å²) in [5, 5.41) is 3.68. The van der Waals surface area contributed by atoms with Crippen molar-refractivity contribution in [2.24, 2.45) is 17.3 Å². The maximum absolute atomic E-state index is 6.24. The molecule has 2 heteroatoms. The van der Waals surface area contributed by atoms with Gasteiger partial charge < -0.3 is 5.32 Å². The van der Waals surface area contributed by atoms with E-state index in [1.165, 1.54) is 57.8 Å². The molecule has 7 rings (SSSR count). The molecule has 158 valence electrons. The molecule has 4 fully saturated rings. The third-order valence-corrected chi connectivity index (χ3v) is 9.73. The van der Waals surface area contributed by atoms with E-state index < -0.39 is 0 Å². The van der Waals surface area contributed by atoms with E-state index in [-0.39, 0.29) is 0 Å². The lowest BCUT2D eigenvalue weighted by Crippen LogP contribution is -2.98. The fourth-order valence-electron chi connectivity index (χ4n) is 8.51. The lowest BCUT2D eigenvalue weighted by Gasteiger charge is -2.63. The van der Waals surface area contributed by atoms with E-state index in [0.29, 0.717) is 10.8 Å². The first-order valence-corrected chi connectivity index (χ1v) is 12.6. The molecule has 0 radical (unpaired) electrons. The molecule has 4 bridgehead atoms. The van der Waals surface area contributed by atoms with Crippen molar-refractivity contribution >= 4 is 11.6 Å². The van der Waals surface area contributed by atoms with Crippen LogP contribution in [-0.2, 0) is 18.3 Å². The Bertz CT molecular complexity index is 918. The van der Waals surface area contributed by atoms with Gasteiger partial charge in [0.05, 0.1) is 12.1 Å². The van der Waals surface area contributed by atoms with Crippen LogP contribution in [-0.4, -0.2) is 12.1 Å². The van der Waals surface area contributed by atoms with Crippen LogP contribution in [0.25, 0.3) is 0 Å². The van der Waals surface area contributed by atoms with Crippen molar-refractivity contribution in [3.05, 3.63) is 70.2 Å². The summed E-state index contributed by atoms with van der Waals surface area (Å²) in [4.78, 5) is 0. The highest BCUT2D eigenvalue weighted by atomic mass is 35.5. The molecule has 0 heterocycles. The Morgan fingerprint density at radius 3 is 2.37 bits per heavy atom. The molecule has 1 nitrogen and oxygen atoms in total. The minimum atomic E-state index is 0.413. The number of aryl methyl sites for hydroxylation is 1. The number of halogens is 1. The van der Waals surface area contributed by atoms with Crippen LogP contribution >= 0.6 is 11.6 Å². The quantitative estimate of drug-likeness (QED) is 0.654. The average Bonchev–Trinajstić information content (AvgIpc) is 2.73. The van der Waals surface area contributed by atoms with Crippen molar-refractivity contribution in [3.8, 4) is 0 Å². The van der Waals surface area contributed by atoms with E-state index in [2.05, 4.69) is 60.8 Å². The largest absolute Gasteiger partial charge is 0.341 e. The van der Waals surface area contributed by atoms with Gasteiger partial charge in [0.1, 0.15) is 0 Å². The highest BCUT2D eigenvalue weighted by Gasteiger charge is 2.61. The summed E-state index contributed by atoms with van der Waals surface area (Å²) in [6.45, 7) is 2.57. The minimum absolute atomic E-state index is 0.413. The van der Waals surface area contributed by atoms with E-state index in [1.54, 1.807) is 16.7 Å². The second-order valence-corrected chi connectivity index (χ2v) is 11.8. The Labute approximate surface area is 186 Å². The van der Waals surface area contributed by atoms with Gasteiger partial charge in [-0.25, -0.2) is 0 Å². The predicted octanol–water partition coefficient (Wildman–Crippen LogP) is 5.69. The predicted molar refractivity (Wildman–Crippen MR) is 124 cm³/mol. The second kappa shape index (κ2) is 7.10. The molecular weight excluding hydrogens is 386 g/mol. The van der Waals surface area contributed by atoms with Gasteiger partial charge >= 0.3 is 0 Å². The molecule has 2 aromatic carbocycles. The minimum Gasteiger partial charge on any atom is -0.341 e. The standard InChI is InChI=1S/C28H34ClN/c1-19(30-26-11-6-22-4-2-3-5-23(22)13-26)27-14-20-12-21(15-27)17-28(16-20,18-27)24-7-9-25(29)10-8-24/h2-5,7-10,19-21,26,30H,6,11-18H2,1H3/p+1/t19-,20-,21+,26+,27?,28?/m0/s1. The summed E-state index contributed by atoms with van der Waals surface area (Å²) < 4.78 is 0. The molecule has 5 aliphatic rings. The lowest BCUT2D eigenvalue weighted by atomic mass is 9.41. The maximum atomic E-state index is 6.24. The van der Waals surface area contributed by atoms with E-state index in [1.807, 2.05) is 0 Å². The van der Waals surface area contributed by atoms with Gasteiger partial charge in [0.25, 0.3) is 0 Å². The van der Waals surface area contributed by atoms with Gasteiger partial charge in [0, 0.05) is 23.3 Å². The Balaban J connectivity index is 1.25. The van der Waals surface area contributed by atoms with Gasteiger partial charge in [-0.15, -0.1) is 0 Å². The second-order valence-electron chi connectivity index (χ2n) is 11.4. The van der Waals surface area contributed by atoms with Crippen LogP contribution in [0.5, 0.6) is 0 Å². The molecule has 30 heavy (non-hydrogen) atoms. The number of rotatable bonds is 4. The van der Waals surface area contributed by atoms with Crippen molar-refractivity contribution in [2.75, 3.05) is 0 Å². The number of fused-ring (bicyclic) bond motifs is 1. The molecule has 0 spiro atoms. The first-order chi connectivity index (χ1) is 14.5. The highest BCUT2D eigenvalue weighted by molar-refractivity contribution is 6.30. The molecule has 0 amide bonds. The molecule has 2 unspecified atom stereocenters. The molecule has 0 saturated heterocycles. The highest BCUT2D eigenvalue weighted by Crippen LogP contribution is 2.66. The van der Waals surface area contributed by atoms with Crippen LogP contribution in [0.1, 0.15) is 68.6 Å². The zero-order valence-electron chi connectivity index (χ0n) is 18.2. The summed E-state index contributed by atoms with van der Waals surface area (Å²) in [5.41, 5.74) is 5.70. The molecule has 2 aromatic rings. The van der Waals surface area contributed by atoms with Crippen molar-refractivity contribution < 1.29 is 5.32 Å². The summed E-state index contributed by atoms with van der Waals surface area (Å²) in [5.74, 6) is 1.87. The van der Waals surface area contributed by atoms with Crippen LogP contribution in [0.3, 0.4) is 0 Å². The number of hydrogen-bond acceptors (Lipinski definition) is 0. The Morgan fingerprint density at radius 1 is 0.933 bits per heavy atom. The van der Waals surface area contributed by atoms with E-state index >= 15 is 0 Å². The topological polar surface area (TPSA) is 16.6 Å². The number of quaternary nitrogens is 1. The maximum Gasteiger partial charge on any atom is 0.0905 e. The molecule has 5 aliphatic carbocycles. The van der Waals surface area contributed by atoms with Crippen molar-refractivity contribution in [1.82, 2.24) is 0 Å². The summed E-state index contributed by atoms with van der Waals surface area (Å²) in [6, 6.07) is 19.5. The number of hydrogen-bond donors (Lipinski definition) is 1. The number of benzene rings is 2. The molecule has 4 saturated carbocycles. The Kier molecular flexibility index (Phi) is 4.59. The third-order valence-electron chi connectivity index (χ3n) is 9.47. The van der Waals surface area contributed by atoms with Gasteiger partial charge in [-0.3, -0.25) is 0 Å². The van der Waals surface area contributed by atoms with Crippen LogP contribution in [0, 0.1) is 17.3 Å². The molecular formula is C28H35ClN+. The van der Waals surface area contributed by atoms with Crippen molar-refractivity contribution in [3.63, 3.8) is 0 Å². The number of nitrogens with two attached hydrogens (primary N) is 1. The van der Waals surface area contributed by atoms with Gasteiger partial charge in [-0.2, -0.15) is 0 Å². The van der Waals surface area contributed by atoms with Crippen molar-refractivity contribution in [2.45, 2.75) is 82.2 Å². The van der Waals surface area contributed by atoms with Crippen LogP contribution < -0.4 is 5.32 Å². The first kappa shape index (κ1) is 19.4. The molecule has 0 aliphatic heterocycles. The monoisotopic (exact) mass is 420 g/mol. The summed E-state index contributed by atoms with van der Waals surface area (Å²) in [7, 11) is 0. The van der Waals surface area contributed by atoms with E-state index in [0.717, 1.165) is 28.9 Å². The lowest BCUT2D eigenvalue weighted by molar-refractivity contribution is -0.734. The van der Waals surface area contributed by atoms with E-state index in [4.69, 9.17) is 11.6 Å². The first-order valence-electron chi connectivity index (χ1n) is 12.2. The molecule has 2 N–H and O–H groups in total. The van der Waals surface area contributed by atoms with Crippen LogP contribution in [0.2, 0.25) is 5.02 Å². The van der Waals surface area contributed by atoms with Crippen LogP contribution in [0.15, 0.2) is 48.5 Å². The zero-order valence-corrected chi connectivity index (χ0v) is 19.0. The molecule has 0 aromatic heterocycles. The van der Waals surface area contributed by atoms with Gasteiger partial charge in [-0.05, 0) is 97.9 Å². The van der Waals surface area contributed by atoms with Crippen LogP contribution in [0.4, 0.5) is 0 Å². The Hall–Kier alpha value is -1.31. The smallest absolute Gasteiger partial charge is 0.0905 e. The fraction of sp³-hybridized carbons (Fsp3) is 0.571. The average molecular weight is 421 g/mol. The molecule has 6 atom stereocenters. The SMILES string of the molecule is C[C@H]([NH2+][C@@H]1CCc2ccccc2C1)C12C[C@@H]3C[C@@H](CC(c4ccc(Cl)cc4)(C3)C1)C2. The van der Waals surface area contributed by atoms with Gasteiger partial charge in [-0.1, -0.05) is 48.0 Å². The summed E-state index contributed by atoms with van der Waals surface area (Å²) in [6.07, 6.45) is 12.5. The Morgan fingerprint density at radius 2 is 1.63 bits per heavy atom. The summed E-state index contributed by atoms with van der Waals surface area (Å²) >= 11 is 6.24.